The van der Waals surface area contributed by atoms with Gasteiger partial charge >= 0.3 is 0 Å². The maximum absolute atomic E-state index is 11.1. The van der Waals surface area contributed by atoms with E-state index in [1.165, 1.54) is 30.5 Å². The minimum atomic E-state index is -1.13. The van der Waals surface area contributed by atoms with E-state index in [1.807, 2.05) is 19.1 Å². The SMILES string of the molecule is CC(NCCNc1ccc([N+](=O)[O-])cn1)(Nc1ccc([N+](=O)[O-])cn1)c1ncc(-c2ncc[nH]2)c(-c2ccc(Cl)cc2)n1. The first kappa shape index (κ1) is 29.0. The van der Waals surface area contributed by atoms with Crippen molar-refractivity contribution in [1.82, 2.24) is 35.2 Å². The molecule has 0 saturated heterocycles. The van der Waals surface area contributed by atoms with Crippen molar-refractivity contribution < 1.29 is 9.85 Å². The number of pyridine rings is 2. The topological polar surface area (TPSA) is 203 Å². The van der Waals surface area contributed by atoms with Crippen molar-refractivity contribution in [2.45, 2.75) is 12.6 Å². The molecule has 0 fully saturated rings. The number of anilines is 2. The van der Waals surface area contributed by atoms with Gasteiger partial charge in [0.25, 0.3) is 11.4 Å². The van der Waals surface area contributed by atoms with Crippen LogP contribution in [0.15, 0.2) is 79.5 Å². The van der Waals surface area contributed by atoms with Crippen LogP contribution in [0.25, 0.3) is 22.6 Å². The van der Waals surface area contributed by atoms with Crippen LogP contribution in [0.3, 0.4) is 0 Å². The second-order valence-corrected chi connectivity index (χ2v) is 9.76. The Morgan fingerprint density at radius 2 is 1.53 bits per heavy atom. The van der Waals surface area contributed by atoms with Gasteiger partial charge in [0.1, 0.15) is 35.5 Å². The number of hydrogen-bond donors (Lipinski definition) is 4. The molecule has 5 rings (SSSR count). The normalized spacial score (nSPS) is 12.3. The second kappa shape index (κ2) is 12.5. The summed E-state index contributed by atoms with van der Waals surface area (Å²) in [6.45, 7) is 2.55. The summed E-state index contributed by atoms with van der Waals surface area (Å²) in [6.07, 6.45) is 7.33. The molecule has 4 aromatic heterocycles. The average Bonchev–Trinajstić information content (AvgIpc) is 3.55. The first-order chi connectivity index (χ1) is 20.7. The Morgan fingerprint density at radius 3 is 2.12 bits per heavy atom. The van der Waals surface area contributed by atoms with Crippen LogP contribution in [0, 0.1) is 20.2 Å². The molecule has 0 amide bonds. The number of H-pyrrole nitrogens is 1. The molecule has 0 radical (unpaired) electrons. The number of imidazole rings is 1. The largest absolute Gasteiger partial charge is 0.369 e. The third kappa shape index (κ3) is 6.86. The van der Waals surface area contributed by atoms with Crippen LogP contribution < -0.4 is 16.0 Å². The van der Waals surface area contributed by atoms with E-state index in [1.54, 1.807) is 30.7 Å². The van der Waals surface area contributed by atoms with E-state index in [9.17, 15) is 20.2 Å². The molecule has 1 unspecified atom stereocenters. The van der Waals surface area contributed by atoms with Gasteiger partial charge in [0.15, 0.2) is 5.82 Å². The predicted octanol–water partition coefficient (Wildman–Crippen LogP) is 4.78. The zero-order chi connectivity index (χ0) is 30.4. The molecule has 218 valence electrons. The number of benzene rings is 1. The Hall–Kier alpha value is -5.54. The van der Waals surface area contributed by atoms with Crippen molar-refractivity contribution >= 4 is 34.6 Å². The first-order valence-corrected chi connectivity index (χ1v) is 13.2. The molecule has 0 saturated carbocycles. The zero-order valence-electron chi connectivity index (χ0n) is 22.6. The minimum absolute atomic E-state index is 0.109. The summed E-state index contributed by atoms with van der Waals surface area (Å²) in [4.78, 5) is 46.3. The number of aromatic amines is 1. The Labute approximate surface area is 249 Å². The number of nitrogens with one attached hydrogen (secondary N) is 4. The summed E-state index contributed by atoms with van der Waals surface area (Å²) in [6, 6.07) is 12.9. The van der Waals surface area contributed by atoms with Gasteiger partial charge in [-0.1, -0.05) is 23.7 Å². The quantitative estimate of drug-likeness (QED) is 0.0660. The van der Waals surface area contributed by atoms with Gasteiger partial charge in [0.05, 0.1) is 21.1 Å². The van der Waals surface area contributed by atoms with E-state index in [0.717, 1.165) is 11.8 Å². The maximum atomic E-state index is 11.1. The number of nitro groups is 2. The van der Waals surface area contributed by atoms with E-state index >= 15 is 0 Å². The van der Waals surface area contributed by atoms with E-state index < -0.39 is 15.5 Å². The van der Waals surface area contributed by atoms with Crippen molar-refractivity contribution in [3.63, 3.8) is 0 Å². The lowest BCUT2D eigenvalue weighted by Gasteiger charge is -2.31. The smallest absolute Gasteiger partial charge is 0.287 e. The third-order valence-corrected chi connectivity index (χ3v) is 6.56. The van der Waals surface area contributed by atoms with Gasteiger partial charge in [-0.25, -0.2) is 24.9 Å². The highest BCUT2D eigenvalue weighted by atomic mass is 35.5. The molecule has 5 aromatic rings. The lowest BCUT2D eigenvalue weighted by Crippen LogP contribution is -2.49. The van der Waals surface area contributed by atoms with Crippen LogP contribution in [0.1, 0.15) is 12.7 Å². The fourth-order valence-electron chi connectivity index (χ4n) is 4.14. The average molecular weight is 602 g/mol. The van der Waals surface area contributed by atoms with Gasteiger partial charge in [-0.3, -0.25) is 25.5 Å². The molecular formula is C27H24ClN11O4. The Morgan fingerprint density at radius 1 is 0.860 bits per heavy atom. The minimum Gasteiger partial charge on any atom is -0.369 e. The van der Waals surface area contributed by atoms with Crippen molar-refractivity contribution in [3.05, 3.63) is 111 Å². The molecule has 1 atom stereocenters. The van der Waals surface area contributed by atoms with Gasteiger partial charge < -0.3 is 15.6 Å². The summed E-state index contributed by atoms with van der Waals surface area (Å²) >= 11 is 6.14. The van der Waals surface area contributed by atoms with Crippen LogP contribution in [-0.2, 0) is 5.66 Å². The van der Waals surface area contributed by atoms with Crippen LogP contribution in [0.4, 0.5) is 23.0 Å². The van der Waals surface area contributed by atoms with Crippen molar-refractivity contribution in [2.75, 3.05) is 23.7 Å². The number of aromatic nitrogens is 6. The van der Waals surface area contributed by atoms with E-state index in [4.69, 9.17) is 16.6 Å². The summed E-state index contributed by atoms with van der Waals surface area (Å²) in [7, 11) is 0. The fourth-order valence-corrected chi connectivity index (χ4v) is 4.27. The van der Waals surface area contributed by atoms with Crippen molar-refractivity contribution in [1.29, 1.82) is 0 Å². The van der Waals surface area contributed by atoms with E-state index in [0.29, 0.717) is 52.7 Å². The molecule has 0 aliphatic carbocycles. The third-order valence-electron chi connectivity index (χ3n) is 6.31. The molecule has 0 aliphatic heterocycles. The van der Waals surface area contributed by atoms with Crippen LogP contribution in [-0.4, -0.2) is 52.8 Å². The highest BCUT2D eigenvalue weighted by molar-refractivity contribution is 6.30. The summed E-state index contributed by atoms with van der Waals surface area (Å²) < 4.78 is 0. The molecular weight excluding hydrogens is 578 g/mol. The van der Waals surface area contributed by atoms with Crippen molar-refractivity contribution in [3.8, 4) is 22.6 Å². The number of rotatable bonds is 12. The number of nitrogens with zero attached hydrogens (tertiary/aromatic N) is 7. The standard InChI is InChI=1S/C27H24ClN11O4/c1-27(37-23-9-7-20(15-33-23)39(42)43,35-13-12-29-22-8-6-19(14-32-22)38(40)41)26-34-16-21(25-30-10-11-31-25)24(36-26)17-2-4-18(28)5-3-17/h2-11,14-16,35H,12-13H2,1H3,(H,29,32)(H,30,31)(H,33,37). The van der Waals surface area contributed by atoms with Gasteiger partial charge in [0, 0.05) is 54.4 Å². The van der Waals surface area contributed by atoms with Gasteiger partial charge in [-0.2, -0.15) is 0 Å². The maximum Gasteiger partial charge on any atom is 0.287 e. The molecule has 1 aromatic carbocycles. The molecule has 15 nitrogen and oxygen atoms in total. The number of halogens is 1. The van der Waals surface area contributed by atoms with Crippen LogP contribution in [0.5, 0.6) is 0 Å². The highest BCUT2D eigenvalue weighted by Gasteiger charge is 2.31. The first-order valence-electron chi connectivity index (χ1n) is 12.8. The Bertz CT molecular complexity index is 1720. The molecule has 4 N–H and O–H groups in total. The molecule has 0 aliphatic rings. The predicted molar refractivity (Wildman–Crippen MR) is 159 cm³/mol. The Balaban J connectivity index is 1.46. The van der Waals surface area contributed by atoms with Crippen molar-refractivity contribution in [2.24, 2.45) is 0 Å². The second-order valence-electron chi connectivity index (χ2n) is 9.32. The van der Waals surface area contributed by atoms with Gasteiger partial charge in [-0.05, 0) is 31.2 Å². The summed E-state index contributed by atoms with van der Waals surface area (Å²) in [5.74, 6) is 1.73. The Kier molecular flexibility index (Phi) is 8.45. The highest BCUT2D eigenvalue weighted by Crippen LogP contribution is 2.31. The van der Waals surface area contributed by atoms with Gasteiger partial charge in [-0.15, -0.1) is 0 Å². The molecule has 4 heterocycles. The van der Waals surface area contributed by atoms with Crippen LogP contribution >= 0.6 is 11.6 Å². The molecule has 0 bridgehead atoms. The number of hydrogen-bond acceptors (Lipinski definition) is 12. The molecule has 43 heavy (non-hydrogen) atoms. The molecule has 16 heteroatoms. The summed E-state index contributed by atoms with van der Waals surface area (Å²) in [5.41, 5.74) is 0.651. The van der Waals surface area contributed by atoms with Crippen LogP contribution in [0.2, 0.25) is 5.02 Å². The lowest BCUT2D eigenvalue weighted by molar-refractivity contribution is -0.385. The zero-order valence-corrected chi connectivity index (χ0v) is 23.3. The van der Waals surface area contributed by atoms with E-state index in [2.05, 4.69) is 40.9 Å². The molecule has 0 spiro atoms. The lowest BCUT2D eigenvalue weighted by atomic mass is 10.1. The summed E-state index contributed by atoms with van der Waals surface area (Å²) in [5, 5.41) is 32.4. The fraction of sp³-hybridized carbons (Fsp3) is 0.148. The monoisotopic (exact) mass is 601 g/mol. The van der Waals surface area contributed by atoms with E-state index in [-0.39, 0.29) is 11.4 Å². The van der Waals surface area contributed by atoms with Gasteiger partial charge in [0.2, 0.25) is 0 Å².